The lowest BCUT2D eigenvalue weighted by molar-refractivity contribution is -0.128. The molecule has 1 N–H and O–H groups in total. The molecule has 28 heavy (non-hydrogen) atoms. The molecule has 150 valence electrons. The van der Waals surface area contributed by atoms with Crippen molar-refractivity contribution in [3.8, 4) is 11.5 Å². The lowest BCUT2D eigenvalue weighted by Crippen LogP contribution is -2.47. The Labute approximate surface area is 168 Å². The van der Waals surface area contributed by atoms with Crippen LogP contribution in [0.2, 0.25) is 0 Å². The van der Waals surface area contributed by atoms with E-state index in [4.69, 9.17) is 9.47 Å². The van der Waals surface area contributed by atoms with E-state index >= 15 is 0 Å². The molecule has 0 unspecified atom stereocenters. The highest BCUT2D eigenvalue weighted by molar-refractivity contribution is 5.81. The maximum Gasteiger partial charge on any atom is 0.261 e. The van der Waals surface area contributed by atoms with Crippen LogP contribution >= 0.6 is 0 Å². The zero-order valence-corrected chi connectivity index (χ0v) is 17.5. The summed E-state index contributed by atoms with van der Waals surface area (Å²) in [5.74, 6) is 1.51. The highest BCUT2D eigenvalue weighted by atomic mass is 16.5. The maximum atomic E-state index is 12.9. The summed E-state index contributed by atoms with van der Waals surface area (Å²) >= 11 is 0. The van der Waals surface area contributed by atoms with Crippen LogP contribution in [0.5, 0.6) is 11.5 Å². The van der Waals surface area contributed by atoms with Gasteiger partial charge in [0.2, 0.25) is 0 Å². The van der Waals surface area contributed by atoms with E-state index in [2.05, 4.69) is 25.2 Å². The van der Waals surface area contributed by atoms with Crippen LogP contribution in [-0.4, -0.2) is 17.6 Å². The van der Waals surface area contributed by atoms with Gasteiger partial charge in [-0.15, -0.1) is 0 Å². The Balaban J connectivity index is 1.76. The number of hydrogen-bond donors (Lipinski definition) is 1. The Morgan fingerprint density at radius 1 is 1.21 bits per heavy atom. The molecule has 0 bridgehead atoms. The zero-order chi connectivity index (χ0) is 20.3. The second kappa shape index (κ2) is 8.26. The van der Waals surface area contributed by atoms with Gasteiger partial charge in [0.05, 0.1) is 6.04 Å². The van der Waals surface area contributed by atoms with E-state index < -0.39 is 6.10 Å². The monoisotopic (exact) mass is 381 g/mol. The lowest BCUT2D eigenvalue weighted by atomic mass is 9.83. The summed E-state index contributed by atoms with van der Waals surface area (Å²) in [4.78, 5) is 12.9. The molecule has 4 nitrogen and oxygen atoms in total. The summed E-state index contributed by atoms with van der Waals surface area (Å²) in [5.41, 5.74) is 3.00. The fourth-order valence-electron chi connectivity index (χ4n) is 3.89. The van der Waals surface area contributed by atoms with Crippen molar-refractivity contribution in [2.75, 3.05) is 0 Å². The Bertz CT molecular complexity index is 841. The molecule has 0 fully saturated rings. The molecule has 0 saturated carbocycles. The molecule has 0 aliphatic carbocycles. The first-order valence-electron chi connectivity index (χ1n) is 10.2. The summed E-state index contributed by atoms with van der Waals surface area (Å²) in [5, 5.41) is 3.21. The molecule has 2 atom stereocenters. The van der Waals surface area contributed by atoms with Crippen molar-refractivity contribution in [1.82, 2.24) is 5.32 Å². The molecule has 0 radical (unpaired) electrons. The molecule has 4 heteroatoms. The number of ether oxygens (including phenoxy) is 2. The van der Waals surface area contributed by atoms with Crippen LogP contribution in [0.4, 0.5) is 0 Å². The van der Waals surface area contributed by atoms with Gasteiger partial charge in [-0.05, 0) is 51.3 Å². The van der Waals surface area contributed by atoms with Gasteiger partial charge >= 0.3 is 0 Å². The predicted octanol–water partition coefficient (Wildman–Crippen LogP) is 5.27. The number of amides is 1. The molecule has 1 aliphatic rings. The molecule has 0 saturated heterocycles. The third-order valence-electron chi connectivity index (χ3n) is 5.81. The topological polar surface area (TPSA) is 47.6 Å². The maximum absolute atomic E-state index is 12.9. The van der Waals surface area contributed by atoms with Crippen molar-refractivity contribution in [1.29, 1.82) is 0 Å². The zero-order valence-electron chi connectivity index (χ0n) is 17.5. The SMILES string of the molecule is CCC1(CC)C[C@@H](NC(=O)[C@@H](C)Oc2ccc(C)cc2C)c2ccccc2O1. The summed E-state index contributed by atoms with van der Waals surface area (Å²) in [7, 11) is 0. The third kappa shape index (κ3) is 4.16. The van der Waals surface area contributed by atoms with Crippen molar-refractivity contribution in [2.24, 2.45) is 0 Å². The highest BCUT2D eigenvalue weighted by Gasteiger charge is 2.39. The van der Waals surface area contributed by atoms with Gasteiger partial charge in [0.1, 0.15) is 17.1 Å². The Morgan fingerprint density at radius 2 is 1.93 bits per heavy atom. The molecule has 1 aliphatic heterocycles. The Kier molecular flexibility index (Phi) is 5.97. The van der Waals surface area contributed by atoms with Crippen LogP contribution in [-0.2, 0) is 4.79 Å². The Hall–Kier alpha value is -2.49. The van der Waals surface area contributed by atoms with Crippen LogP contribution in [0.25, 0.3) is 0 Å². The minimum Gasteiger partial charge on any atom is -0.487 e. The number of benzene rings is 2. The number of nitrogens with one attached hydrogen (secondary N) is 1. The van der Waals surface area contributed by atoms with E-state index in [9.17, 15) is 4.79 Å². The highest BCUT2D eigenvalue weighted by Crippen LogP contribution is 2.42. The van der Waals surface area contributed by atoms with Gasteiger partial charge in [-0.2, -0.15) is 0 Å². The number of carbonyl (C=O) groups excluding carboxylic acids is 1. The second-order valence-corrected chi connectivity index (χ2v) is 7.82. The number of hydrogen-bond acceptors (Lipinski definition) is 3. The standard InChI is InChI=1S/C24H31NO3/c1-6-24(7-2)15-20(19-10-8-9-11-22(19)28-24)25-23(26)18(5)27-21-13-12-16(3)14-17(21)4/h8-14,18,20H,6-7,15H2,1-5H3,(H,25,26)/t18-,20-/m1/s1. The number of carbonyl (C=O) groups is 1. The van der Waals surface area contributed by atoms with Crippen LogP contribution < -0.4 is 14.8 Å². The van der Waals surface area contributed by atoms with Crippen molar-refractivity contribution in [3.63, 3.8) is 0 Å². The average Bonchev–Trinajstić information content (AvgIpc) is 2.69. The Morgan fingerprint density at radius 3 is 2.61 bits per heavy atom. The van der Waals surface area contributed by atoms with Gasteiger partial charge in [-0.25, -0.2) is 0 Å². The summed E-state index contributed by atoms with van der Waals surface area (Å²) in [6, 6.07) is 13.9. The van der Waals surface area contributed by atoms with E-state index in [-0.39, 0.29) is 17.6 Å². The van der Waals surface area contributed by atoms with E-state index in [1.807, 2.05) is 50.2 Å². The van der Waals surface area contributed by atoms with E-state index in [1.54, 1.807) is 6.92 Å². The lowest BCUT2D eigenvalue weighted by Gasteiger charge is -2.41. The first-order valence-corrected chi connectivity index (χ1v) is 10.2. The van der Waals surface area contributed by atoms with Gasteiger partial charge in [0, 0.05) is 12.0 Å². The number of para-hydroxylation sites is 1. The van der Waals surface area contributed by atoms with Gasteiger partial charge in [0.15, 0.2) is 6.10 Å². The molecule has 2 aromatic carbocycles. The summed E-state index contributed by atoms with van der Waals surface area (Å²) < 4.78 is 12.3. The number of fused-ring (bicyclic) bond motifs is 1. The summed E-state index contributed by atoms with van der Waals surface area (Å²) in [6.07, 6.45) is 1.99. The second-order valence-electron chi connectivity index (χ2n) is 7.82. The van der Waals surface area contributed by atoms with E-state index in [0.29, 0.717) is 0 Å². The molecule has 0 aromatic heterocycles. The van der Waals surface area contributed by atoms with Crippen LogP contribution in [0.15, 0.2) is 42.5 Å². The first kappa shape index (κ1) is 20.2. The van der Waals surface area contributed by atoms with Gasteiger partial charge in [-0.1, -0.05) is 49.7 Å². The predicted molar refractivity (Wildman–Crippen MR) is 112 cm³/mol. The van der Waals surface area contributed by atoms with E-state index in [0.717, 1.165) is 41.9 Å². The largest absolute Gasteiger partial charge is 0.487 e. The van der Waals surface area contributed by atoms with Gasteiger partial charge < -0.3 is 14.8 Å². The molecule has 1 heterocycles. The third-order valence-corrected chi connectivity index (χ3v) is 5.81. The first-order chi connectivity index (χ1) is 13.4. The van der Waals surface area contributed by atoms with Crippen molar-refractivity contribution in [2.45, 2.75) is 71.6 Å². The van der Waals surface area contributed by atoms with Crippen molar-refractivity contribution in [3.05, 3.63) is 59.2 Å². The normalized spacial score (nSPS) is 18.5. The van der Waals surface area contributed by atoms with Crippen LogP contribution in [0, 0.1) is 13.8 Å². The number of aryl methyl sites for hydroxylation is 2. The molecular weight excluding hydrogens is 350 g/mol. The quantitative estimate of drug-likeness (QED) is 0.741. The molecule has 2 aromatic rings. The van der Waals surface area contributed by atoms with Crippen molar-refractivity contribution < 1.29 is 14.3 Å². The fourth-order valence-corrected chi connectivity index (χ4v) is 3.89. The van der Waals surface area contributed by atoms with Crippen LogP contribution in [0.3, 0.4) is 0 Å². The van der Waals surface area contributed by atoms with Gasteiger partial charge in [0.25, 0.3) is 5.91 Å². The minimum absolute atomic E-state index is 0.0810. The summed E-state index contributed by atoms with van der Waals surface area (Å²) in [6.45, 7) is 10.1. The fraction of sp³-hybridized carbons (Fsp3) is 0.458. The molecule has 0 spiro atoms. The molecule has 3 rings (SSSR count). The number of rotatable bonds is 6. The van der Waals surface area contributed by atoms with E-state index in [1.165, 1.54) is 5.56 Å². The average molecular weight is 382 g/mol. The van der Waals surface area contributed by atoms with Gasteiger partial charge in [-0.3, -0.25) is 4.79 Å². The smallest absolute Gasteiger partial charge is 0.261 e. The van der Waals surface area contributed by atoms with Crippen LogP contribution in [0.1, 0.15) is 62.8 Å². The molecule has 1 amide bonds. The van der Waals surface area contributed by atoms with Crippen molar-refractivity contribution >= 4 is 5.91 Å². The minimum atomic E-state index is -0.575. The molecular formula is C24H31NO3.